The van der Waals surface area contributed by atoms with Gasteiger partial charge in [0.15, 0.2) is 0 Å². The van der Waals surface area contributed by atoms with Gasteiger partial charge in [0.25, 0.3) is 0 Å². The van der Waals surface area contributed by atoms with Gasteiger partial charge in [-0.15, -0.1) is 0 Å². The molecule has 0 saturated carbocycles. The fourth-order valence-corrected chi connectivity index (χ4v) is 6.01. The molecule has 4 heterocycles. The molecule has 1 aromatic carbocycles. The molecule has 2 saturated heterocycles. The Morgan fingerprint density at radius 2 is 1.95 bits per heavy atom. The summed E-state index contributed by atoms with van der Waals surface area (Å²) in [5.74, 6) is 0.553. The summed E-state index contributed by atoms with van der Waals surface area (Å²) in [7, 11) is 2.17. The molecule has 2 fully saturated rings. The molecule has 1 atom stereocenters. The molecule has 10 heteroatoms. The molecule has 0 bridgehead atoms. The van der Waals surface area contributed by atoms with E-state index in [-0.39, 0.29) is 24.3 Å². The summed E-state index contributed by atoms with van der Waals surface area (Å²) >= 11 is 0. The van der Waals surface area contributed by atoms with Crippen LogP contribution in [0.1, 0.15) is 62.7 Å². The Balaban J connectivity index is 1.10. The highest BCUT2D eigenvalue weighted by molar-refractivity contribution is 5.76. The highest BCUT2D eigenvalue weighted by Gasteiger charge is 2.33. The van der Waals surface area contributed by atoms with Crippen LogP contribution < -0.4 is 10.6 Å². The van der Waals surface area contributed by atoms with Gasteiger partial charge in [0.1, 0.15) is 0 Å². The van der Waals surface area contributed by atoms with Gasteiger partial charge in [0, 0.05) is 18.0 Å². The first-order chi connectivity index (χ1) is 19.4. The number of carbonyl (C=O) groups excluding carboxylic acids is 1. The monoisotopic (exact) mass is 544 g/mol. The zero-order chi connectivity index (χ0) is 27.6. The number of piperidine rings is 1. The number of aromatic nitrogens is 4. The van der Waals surface area contributed by atoms with Crippen molar-refractivity contribution in [2.24, 2.45) is 0 Å². The van der Waals surface area contributed by atoms with E-state index < -0.39 is 0 Å². The standard InChI is InChI=1S/C30H40N8O2/c1-20(2)40-25-18-37(19-25)30(39)35-28-6-4-5-21-15-22(7-8-26(21)28)27-9-12-31-29(34-27)33-23-16-32-38(17-23)24-10-13-36(3)14-11-24/h7-9,12,15-17,20,24-25,28H,4-6,10-11,13-14,18-19H2,1-3H3,(H,35,39)(H,31,33,34). The Kier molecular flexibility index (Phi) is 7.71. The SMILES string of the molecule is CC(C)OC1CN(C(=O)NC2CCCc3cc(-c4ccnc(Nc5cnn(C6CCN(C)CC6)c5)n4)ccc32)C1. The van der Waals surface area contributed by atoms with E-state index in [0.29, 0.717) is 25.1 Å². The fourth-order valence-electron chi connectivity index (χ4n) is 6.01. The maximum absolute atomic E-state index is 12.8. The highest BCUT2D eigenvalue weighted by Crippen LogP contribution is 2.33. The number of aryl methyl sites for hydroxylation is 1. The van der Waals surface area contributed by atoms with Crippen LogP contribution in [0.3, 0.4) is 0 Å². The first kappa shape index (κ1) is 26.7. The lowest BCUT2D eigenvalue weighted by molar-refractivity contribution is -0.0644. The Bertz CT molecular complexity index is 1330. The maximum Gasteiger partial charge on any atom is 0.318 e. The molecule has 1 unspecified atom stereocenters. The average Bonchev–Trinajstić information content (AvgIpc) is 3.39. The second kappa shape index (κ2) is 11.5. The van der Waals surface area contributed by atoms with Crippen molar-refractivity contribution in [3.63, 3.8) is 0 Å². The number of ether oxygens (including phenoxy) is 1. The van der Waals surface area contributed by atoms with Crippen LogP contribution in [0.25, 0.3) is 11.3 Å². The largest absolute Gasteiger partial charge is 0.372 e. The number of nitrogens with zero attached hydrogens (tertiary/aromatic N) is 6. The molecule has 0 spiro atoms. The van der Waals surface area contributed by atoms with Gasteiger partial charge >= 0.3 is 6.03 Å². The van der Waals surface area contributed by atoms with Crippen molar-refractivity contribution in [3.05, 3.63) is 54.0 Å². The van der Waals surface area contributed by atoms with Crippen molar-refractivity contribution in [1.82, 2.24) is 34.9 Å². The van der Waals surface area contributed by atoms with E-state index in [9.17, 15) is 4.79 Å². The molecule has 3 aliphatic rings. The lowest BCUT2D eigenvalue weighted by atomic mass is 9.86. The first-order valence-electron chi connectivity index (χ1n) is 14.6. The molecule has 10 nitrogen and oxygen atoms in total. The quantitative estimate of drug-likeness (QED) is 0.450. The zero-order valence-corrected chi connectivity index (χ0v) is 23.7. The molecule has 2 amide bonds. The Labute approximate surface area is 236 Å². The van der Waals surface area contributed by atoms with Gasteiger partial charge in [-0.3, -0.25) is 4.68 Å². The van der Waals surface area contributed by atoms with Crippen LogP contribution in [0, 0.1) is 0 Å². The molecule has 2 aromatic heterocycles. The van der Waals surface area contributed by atoms with E-state index in [2.05, 4.69) is 61.7 Å². The third-order valence-electron chi connectivity index (χ3n) is 8.23. The molecule has 6 rings (SSSR count). The number of rotatable bonds is 7. The zero-order valence-electron chi connectivity index (χ0n) is 23.7. The van der Waals surface area contributed by atoms with Crippen LogP contribution in [0.15, 0.2) is 42.9 Å². The van der Waals surface area contributed by atoms with Gasteiger partial charge in [-0.05, 0) is 89.3 Å². The van der Waals surface area contributed by atoms with Gasteiger partial charge in [-0.25, -0.2) is 14.8 Å². The number of nitrogens with one attached hydrogen (secondary N) is 2. The van der Waals surface area contributed by atoms with Crippen molar-refractivity contribution >= 4 is 17.7 Å². The Morgan fingerprint density at radius 1 is 1.12 bits per heavy atom. The lowest BCUT2D eigenvalue weighted by Crippen LogP contribution is -2.58. The maximum atomic E-state index is 12.8. The lowest BCUT2D eigenvalue weighted by Gasteiger charge is -2.40. The minimum absolute atomic E-state index is 0.00352. The third kappa shape index (κ3) is 5.97. The Morgan fingerprint density at radius 3 is 2.75 bits per heavy atom. The van der Waals surface area contributed by atoms with E-state index in [4.69, 9.17) is 9.72 Å². The number of urea groups is 1. The van der Waals surface area contributed by atoms with Crippen molar-refractivity contribution < 1.29 is 9.53 Å². The van der Waals surface area contributed by atoms with Crippen molar-refractivity contribution in [2.75, 3.05) is 38.5 Å². The Hall–Kier alpha value is -3.50. The molecule has 3 aromatic rings. The number of hydrogen-bond acceptors (Lipinski definition) is 7. The molecule has 212 valence electrons. The first-order valence-corrected chi connectivity index (χ1v) is 14.6. The summed E-state index contributed by atoms with van der Waals surface area (Å²) in [6, 6.07) is 8.87. The van der Waals surface area contributed by atoms with Gasteiger partial charge in [-0.1, -0.05) is 12.1 Å². The van der Waals surface area contributed by atoms with E-state index >= 15 is 0 Å². The topological polar surface area (TPSA) is 100 Å². The third-order valence-corrected chi connectivity index (χ3v) is 8.23. The number of likely N-dealkylation sites (tertiary alicyclic amines) is 2. The molecule has 2 N–H and O–H groups in total. The fraction of sp³-hybridized carbons (Fsp3) is 0.533. The number of hydrogen-bond donors (Lipinski definition) is 2. The minimum atomic E-state index is -0.00352. The number of carbonyl (C=O) groups is 1. The minimum Gasteiger partial charge on any atom is -0.372 e. The van der Waals surface area contributed by atoms with Gasteiger partial charge < -0.3 is 25.2 Å². The van der Waals surface area contributed by atoms with E-state index in [1.54, 1.807) is 6.20 Å². The van der Waals surface area contributed by atoms with Crippen LogP contribution in [0.2, 0.25) is 0 Å². The van der Waals surface area contributed by atoms with E-state index in [1.165, 1.54) is 11.1 Å². The van der Waals surface area contributed by atoms with Gasteiger partial charge in [0.2, 0.25) is 5.95 Å². The summed E-state index contributed by atoms with van der Waals surface area (Å²) in [6.07, 6.45) is 11.2. The number of amides is 2. The van der Waals surface area contributed by atoms with Crippen molar-refractivity contribution in [1.29, 1.82) is 0 Å². The number of benzene rings is 1. The molecule has 0 radical (unpaired) electrons. The number of fused-ring (bicyclic) bond motifs is 1. The van der Waals surface area contributed by atoms with Crippen molar-refractivity contribution in [3.8, 4) is 11.3 Å². The predicted octanol–water partition coefficient (Wildman–Crippen LogP) is 4.55. The smallest absolute Gasteiger partial charge is 0.318 e. The summed E-state index contributed by atoms with van der Waals surface area (Å²) in [5.41, 5.74) is 5.28. The van der Waals surface area contributed by atoms with E-state index in [1.807, 2.05) is 31.0 Å². The molecule has 40 heavy (non-hydrogen) atoms. The second-order valence-corrected chi connectivity index (χ2v) is 11.7. The summed E-state index contributed by atoms with van der Waals surface area (Å²) in [5, 5.41) is 11.2. The van der Waals surface area contributed by atoms with Gasteiger partial charge in [-0.2, -0.15) is 5.10 Å². The van der Waals surface area contributed by atoms with E-state index in [0.717, 1.165) is 62.1 Å². The predicted molar refractivity (Wildman–Crippen MR) is 155 cm³/mol. The normalized spacial score (nSPS) is 20.3. The van der Waals surface area contributed by atoms with Crippen LogP contribution in [-0.2, 0) is 11.2 Å². The number of anilines is 2. The van der Waals surface area contributed by atoms with Crippen LogP contribution in [0.4, 0.5) is 16.4 Å². The summed E-state index contributed by atoms with van der Waals surface area (Å²) < 4.78 is 7.86. The molecule has 2 aliphatic heterocycles. The highest BCUT2D eigenvalue weighted by atomic mass is 16.5. The summed E-state index contributed by atoms with van der Waals surface area (Å²) in [4.78, 5) is 26.3. The van der Waals surface area contributed by atoms with Crippen LogP contribution in [0.5, 0.6) is 0 Å². The van der Waals surface area contributed by atoms with Gasteiger partial charge in [0.05, 0.1) is 55.0 Å². The summed E-state index contributed by atoms with van der Waals surface area (Å²) in [6.45, 7) is 7.57. The van der Waals surface area contributed by atoms with Crippen LogP contribution in [-0.4, -0.2) is 81.0 Å². The second-order valence-electron chi connectivity index (χ2n) is 11.7. The van der Waals surface area contributed by atoms with Crippen LogP contribution >= 0.6 is 0 Å². The molecular formula is C30H40N8O2. The molecule has 1 aliphatic carbocycles. The molecular weight excluding hydrogens is 504 g/mol. The average molecular weight is 545 g/mol. The van der Waals surface area contributed by atoms with Crippen molar-refractivity contribution in [2.45, 2.75) is 70.2 Å².